The number of aliphatic hydroxyl groups is 1. The fourth-order valence-corrected chi connectivity index (χ4v) is 1.36. The summed E-state index contributed by atoms with van der Waals surface area (Å²) in [6.07, 6.45) is -1.11. The molecule has 0 aromatic rings. The van der Waals surface area contributed by atoms with E-state index in [4.69, 9.17) is 15.4 Å². The van der Waals surface area contributed by atoms with Crippen LogP contribution in [-0.4, -0.2) is 43.0 Å². The number of carbonyl (C=O) groups excluding carboxylic acids is 1. The van der Waals surface area contributed by atoms with Gasteiger partial charge in [0.1, 0.15) is 0 Å². The predicted octanol–water partition coefficient (Wildman–Crippen LogP) is -0.0119. The van der Waals surface area contributed by atoms with E-state index in [0.29, 0.717) is 0 Å². The molecule has 0 saturated carbocycles. The second-order valence-electron chi connectivity index (χ2n) is 2.88. The Morgan fingerprint density at radius 1 is 1.86 bits per heavy atom. The smallest absolute Gasteiger partial charge is 0.334 e. The van der Waals surface area contributed by atoms with Crippen LogP contribution in [0.4, 0.5) is 0 Å². The second kappa shape index (κ2) is 4.80. The van der Waals surface area contributed by atoms with E-state index in [9.17, 15) is 4.79 Å². The summed E-state index contributed by atoms with van der Waals surface area (Å²) in [5.41, 5.74) is 8.23. The van der Waals surface area contributed by atoms with Gasteiger partial charge in [0, 0.05) is 4.91 Å². The molecule has 0 spiro atoms. The molecule has 7 heteroatoms. The zero-order chi connectivity index (χ0) is 10.6. The van der Waals surface area contributed by atoms with Crippen molar-refractivity contribution in [1.82, 2.24) is 0 Å². The van der Waals surface area contributed by atoms with Crippen molar-refractivity contribution >= 4 is 5.97 Å². The van der Waals surface area contributed by atoms with Gasteiger partial charge in [-0.05, 0) is 12.0 Å². The lowest BCUT2D eigenvalue weighted by molar-refractivity contribution is -0.153. The Hall–Kier alpha value is -1.30. The lowest BCUT2D eigenvalue weighted by Gasteiger charge is -2.10. The number of methoxy groups -OCH3 is 1. The van der Waals surface area contributed by atoms with Crippen molar-refractivity contribution in [1.29, 1.82) is 0 Å². The summed E-state index contributed by atoms with van der Waals surface area (Å²) in [5.74, 6) is -0.515. The normalized spacial score (nSPS) is 30.9. The Balaban J connectivity index is 2.64. The average Bonchev–Trinajstić information content (AvgIpc) is 2.60. The summed E-state index contributed by atoms with van der Waals surface area (Å²) in [6.45, 7) is -0.281. The van der Waals surface area contributed by atoms with Gasteiger partial charge in [0.15, 0.2) is 6.10 Å². The number of esters is 1. The molecule has 7 nitrogen and oxygen atoms in total. The third-order valence-corrected chi connectivity index (χ3v) is 2.07. The molecule has 0 unspecified atom stereocenters. The molecule has 0 aromatic carbocycles. The van der Waals surface area contributed by atoms with Crippen LogP contribution < -0.4 is 0 Å². The molecule has 1 aliphatic rings. The molecule has 0 aromatic heterocycles. The van der Waals surface area contributed by atoms with Gasteiger partial charge in [-0.25, -0.2) is 4.79 Å². The molecule has 1 N–H and O–H groups in total. The van der Waals surface area contributed by atoms with Crippen molar-refractivity contribution < 1.29 is 19.4 Å². The Bertz CT molecular complexity index is 264. The largest absolute Gasteiger partial charge is 0.467 e. The van der Waals surface area contributed by atoms with Crippen molar-refractivity contribution in [3.05, 3.63) is 10.4 Å². The number of ether oxygens (including phenoxy) is 2. The minimum atomic E-state index is -0.743. The summed E-state index contributed by atoms with van der Waals surface area (Å²) >= 11 is 0. The Labute approximate surface area is 80.2 Å². The van der Waals surface area contributed by atoms with Crippen LogP contribution in [0.3, 0.4) is 0 Å². The van der Waals surface area contributed by atoms with Crippen LogP contribution in [0.25, 0.3) is 10.4 Å². The van der Waals surface area contributed by atoms with E-state index in [2.05, 4.69) is 14.8 Å². The van der Waals surface area contributed by atoms with Crippen LogP contribution in [0.5, 0.6) is 0 Å². The summed E-state index contributed by atoms with van der Waals surface area (Å²) in [7, 11) is 1.25. The molecule has 0 aliphatic carbocycles. The standard InChI is InChI=1S/C7H11N3O4/c1-13-7(12)5-2-4(9-10-8)6(3-11)14-5/h4-6,11H,2-3H2,1H3/t4-,5+,6-/m0/s1. The van der Waals surface area contributed by atoms with Gasteiger partial charge in [0.25, 0.3) is 0 Å². The Morgan fingerprint density at radius 2 is 2.57 bits per heavy atom. The highest BCUT2D eigenvalue weighted by atomic mass is 16.6. The first-order chi connectivity index (χ1) is 6.72. The molecule has 1 fully saturated rings. The third kappa shape index (κ3) is 2.14. The van der Waals surface area contributed by atoms with Crippen molar-refractivity contribution in [2.24, 2.45) is 5.11 Å². The van der Waals surface area contributed by atoms with Gasteiger partial charge >= 0.3 is 5.97 Å². The number of nitrogens with zero attached hydrogens (tertiary/aromatic N) is 3. The number of aliphatic hydroxyl groups excluding tert-OH is 1. The van der Waals surface area contributed by atoms with Crippen molar-refractivity contribution in [2.45, 2.75) is 24.7 Å². The number of rotatable bonds is 3. The molecule has 1 rings (SSSR count). The number of azide groups is 1. The molecule has 14 heavy (non-hydrogen) atoms. The molecule has 0 bridgehead atoms. The molecule has 1 saturated heterocycles. The minimum absolute atomic E-state index is 0.252. The Kier molecular flexibility index (Phi) is 3.70. The van der Waals surface area contributed by atoms with Crippen molar-refractivity contribution in [3.8, 4) is 0 Å². The van der Waals surface area contributed by atoms with E-state index < -0.39 is 24.2 Å². The zero-order valence-corrected chi connectivity index (χ0v) is 7.66. The van der Waals surface area contributed by atoms with Crippen LogP contribution in [0.15, 0.2) is 5.11 Å². The molecule has 0 radical (unpaired) electrons. The predicted molar refractivity (Wildman–Crippen MR) is 45.3 cm³/mol. The SMILES string of the molecule is COC(=O)[C@H]1C[C@H](N=[N+]=[N-])[C@H](CO)O1. The van der Waals surface area contributed by atoms with Crippen molar-refractivity contribution in [3.63, 3.8) is 0 Å². The van der Waals surface area contributed by atoms with Crippen LogP contribution in [0.1, 0.15) is 6.42 Å². The number of carbonyl (C=O) groups is 1. The summed E-state index contributed by atoms with van der Waals surface area (Å²) in [6, 6.07) is -0.505. The number of hydrogen-bond acceptors (Lipinski definition) is 5. The van der Waals surface area contributed by atoms with Gasteiger partial charge in [-0.1, -0.05) is 5.11 Å². The molecule has 3 atom stereocenters. The van der Waals surface area contributed by atoms with Gasteiger partial charge in [-0.15, -0.1) is 0 Å². The maximum Gasteiger partial charge on any atom is 0.334 e. The van der Waals surface area contributed by atoms with Crippen LogP contribution in [-0.2, 0) is 14.3 Å². The molecular weight excluding hydrogens is 190 g/mol. The second-order valence-corrected chi connectivity index (χ2v) is 2.88. The van der Waals surface area contributed by atoms with E-state index in [1.54, 1.807) is 0 Å². The van der Waals surface area contributed by atoms with Crippen molar-refractivity contribution in [2.75, 3.05) is 13.7 Å². The summed E-state index contributed by atoms with van der Waals surface area (Å²) < 4.78 is 9.61. The lowest BCUT2D eigenvalue weighted by Crippen LogP contribution is -2.25. The van der Waals surface area contributed by atoms with Gasteiger partial charge < -0.3 is 14.6 Å². The first kappa shape index (κ1) is 10.8. The average molecular weight is 201 g/mol. The fraction of sp³-hybridized carbons (Fsp3) is 0.857. The van der Waals surface area contributed by atoms with E-state index >= 15 is 0 Å². The zero-order valence-electron chi connectivity index (χ0n) is 7.66. The van der Waals surface area contributed by atoms with Crippen LogP contribution in [0.2, 0.25) is 0 Å². The Morgan fingerprint density at radius 3 is 3.07 bits per heavy atom. The quantitative estimate of drug-likeness (QED) is 0.300. The van der Waals surface area contributed by atoms with E-state index in [0.717, 1.165) is 0 Å². The first-order valence-electron chi connectivity index (χ1n) is 4.11. The monoisotopic (exact) mass is 201 g/mol. The molecule has 1 heterocycles. The maximum atomic E-state index is 11.1. The number of hydrogen-bond donors (Lipinski definition) is 1. The van der Waals surface area contributed by atoms with Gasteiger partial charge in [0.05, 0.1) is 25.9 Å². The lowest BCUT2D eigenvalue weighted by atomic mass is 10.1. The highest BCUT2D eigenvalue weighted by Crippen LogP contribution is 2.23. The molecule has 1 aliphatic heterocycles. The summed E-state index contributed by atoms with van der Waals surface area (Å²) in [5, 5.41) is 12.3. The van der Waals surface area contributed by atoms with Gasteiger partial charge in [-0.3, -0.25) is 0 Å². The molecule has 78 valence electrons. The maximum absolute atomic E-state index is 11.1. The minimum Gasteiger partial charge on any atom is -0.467 e. The molecule has 0 amide bonds. The fourth-order valence-electron chi connectivity index (χ4n) is 1.36. The van der Waals surface area contributed by atoms with Crippen LogP contribution in [0, 0.1) is 0 Å². The van der Waals surface area contributed by atoms with Crippen LogP contribution >= 0.6 is 0 Å². The third-order valence-electron chi connectivity index (χ3n) is 2.07. The van der Waals surface area contributed by atoms with Gasteiger partial charge in [-0.2, -0.15) is 0 Å². The van der Waals surface area contributed by atoms with E-state index in [-0.39, 0.29) is 13.0 Å². The highest BCUT2D eigenvalue weighted by molar-refractivity contribution is 5.75. The van der Waals surface area contributed by atoms with Gasteiger partial charge in [0.2, 0.25) is 0 Å². The summed E-state index contributed by atoms with van der Waals surface area (Å²) in [4.78, 5) is 13.7. The van der Waals surface area contributed by atoms with E-state index in [1.807, 2.05) is 0 Å². The molecular formula is C7H11N3O4. The topological polar surface area (TPSA) is 105 Å². The van der Waals surface area contributed by atoms with E-state index in [1.165, 1.54) is 7.11 Å². The highest BCUT2D eigenvalue weighted by Gasteiger charge is 2.38. The first-order valence-corrected chi connectivity index (χ1v) is 4.11.